The molecule has 8 heteroatoms. The second-order valence-corrected chi connectivity index (χ2v) is 4.49. The first-order chi connectivity index (χ1) is 9.31. The Morgan fingerprint density at radius 2 is 1.65 bits per heavy atom. The zero-order valence-electron chi connectivity index (χ0n) is 11.8. The van der Waals surface area contributed by atoms with E-state index in [2.05, 4.69) is 9.62 Å². The molecule has 0 aliphatic rings. The average molecular weight is 292 g/mol. The molecule has 20 heavy (non-hydrogen) atoms. The molecule has 0 atom stereocenters. The van der Waals surface area contributed by atoms with Gasteiger partial charge in [-0.15, -0.1) is 0 Å². The van der Waals surface area contributed by atoms with Gasteiger partial charge in [-0.05, 0) is 20.8 Å². The molecule has 0 amide bonds. The summed E-state index contributed by atoms with van der Waals surface area (Å²) in [5.41, 5.74) is -0.472. The molecule has 116 valence electrons. The maximum absolute atomic E-state index is 11.1. The molecular weight excluding hydrogens is 272 g/mol. The van der Waals surface area contributed by atoms with E-state index in [1.54, 1.807) is 20.8 Å². The van der Waals surface area contributed by atoms with Gasteiger partial charge in [-0.3, -0.25) is 0 Å². The predicted molar refractivity (Wildman–Crippen MR) is 66.8 cm³/mol. The minimum absolute atomic E-state index is 0.0381. The molecule has 0 aromatic heterocycles. The Kier molecular flexibility index (Phi) is 9.14. The Labute approximate surface area is 117 Å². The third-order valence-corrected chi connectivity index (χ3v) is 1.48. The van der Waals surface area contributed by atoms with Crippen LogP contribution in [0.3, 0.4) is 0 Å². The highest BCUT2D eigenvalue weighted by Crippen LogP contribution is 2.06. The van der Waals surface area contributed by atoms with Crippen molar-refractivity contribution < 1.29 is 38.7 Å². The van der Waals surface area contributed by atoms with Gasteiger partial charge in [-0.1, -0.05) is 0 Å². The topological polar surface area (TPSA) is 101 Å². The molecule has 0 aromatic rings. The van der Waals surface area contributed by atoms with E-state index in [9.17, 15) is 9.59 Å². The zero-order valence-corrected chi connectivity index (χ0v) is 11.8. The minimum atomic E-state index is -1.36. The number of rotatable bonds is 9. The lowest BCUT2D eigenvalue weighted by Gasteiger charge is -2.15. The maximum atomic E-state index is 11.1. The van der Waals surface area contributed by atoms with Crippen LogP contribution in [0.4, 0.5) is 4.79 Å². The quantitative estimate of drug-likeness (QED) is 0.170. The molecule has 0 spiro atoms. The van der Waals surface area contributed by atoms with E-state index in [4.69, 9.17) is 19.5 Å². The molecule has 0 aliphatic heterocycles. The van der Waals surface area contributed by atoms with E-state index in [0.717, 1.165) is 12.3 Å². The van der Waals surface area contributed by atoms with Gasteiger partial charge < -0.3 is 24.2 Å². The van der Waals surface area contributed by atoms with Crippen LogP contribution in [0.2, 0.25) is 0 Å². The van der Waals surface area contributed by atoms with Gasteiger partial charge in [-0.2, -0.15) is 4.89 Å². The Balaban J connectivity index is 3.45. The molecule has 0 rings (SSSR count). The van der Waals surface area contributed by atoms with Crippen molar-refractivity contribution in [2.24, 2.45) is 0 Å². The van der Waals surface area contributed by atoms with E-state index in [1.807, 2.05) is 0 Å². The Morgan fingerprint density at radius 1 is 1.05 bits per heavy atom. The molecule has 0 aromatic carbocycles. The SMILES string of the molecule is CC(C)(C)OOC=CC(=O)OCCOCCOC(=O)O. The molecule has 0 fully saturated rings. The van der Waals surface area contributed by atoms with Crippen molar-refractivity contribution in [1.82, 2.24) is 0 Å². The fraction of sp³-hybridized carbons (Fsp3) is 0.667. The van der Waals surface area contributed by atoms with Gasteiger partial charge in [0.2, 0.25) is 0 Å². The van der Waals surface area contributed by atoms with Gasteiger partial charge in [-0.25, -0.2) is 9.59 Å². The van der Waals surface area contributed by atoms with Crippen molar-refractivity contribution in [2.45, 2.75) is 26.4 Å². The summed E-state index contributed by atoms with van der Waals surface area (Å²) < 4.78 is 13.9. The van der Waals surface area contributed by atoms with E-state index < -0.39 is 17.7 Å². The molecule has 0 heterocycles. The lowest BCUT2D eigenvalue weighted by molar-refractivity contribution is -0.310. The number of esters is 1. The molecule has 1 N–H and O–H groups in total. The third-order valence-electron chi connectivity index (χ3n) is 1.48. The maximum Gasteiger partial charge on any atom is 0.505 e. The van der Waals surface area contributed by atoms with Crippen molar-refractivity contribution >= 4 is 12.1 Å². The number of hydrogen-bond acceptors (Lipinski definition) is 7. The summed E-state index contributed by atoms with van der Waals surface area (Å²) in [5, 5.41) is 8.17. The standard InChI is InChI=1S/C12H20O8/c1-12(2,3)20-19-5-4-10(13)17-8-6-16-7-9-18-11(14)15/h4-5H,6-9H2,1-3H3,(H,14,15). The van der Waals surface area contributed by atoms with Crippen molar-refractivity contribution in [3.05, 3.63) is 12.3 Å². The number of hydrogen-bond donors (Lipinski definition) is 1. The second kappa shape index (κ2) is 10.0. The van der Waals surface area contributed by atoms with Crippen LogP contribution in [-0.2, 0) is 28.8 Å². The van der Waals surface area contributed by atoms with Crippen molar-refractivity contribution in [2.75, 3.05) is 26.4 Å². The predicted octanol–water partition coefficient (Wildman–Crippen LogP) is 1.50. The fourth-order valence-electron chi connectivity index (χ4n) is 0.795. The van der Waals surface area contributed by atoms with E-state index >= 15 is 0 Å². The second-order valence-electron chi connectivity index (χ2n) is 4.49. The van der Waals surface area contributed by atoms with Crippen molar-refractivity contribution in [1.29, 1.82) is 0 Å². The smallest absolute Gasteiger partial charge is 0.460 e. The third kappa shape index (κ3) is 14.3. The number of carboxylic acid groups (broad SMARTS) is 1. The molecule has 0 unspecified atom stereocenters. The largest absolute Gasteiger partial charge is 0.505 e. The lowest BCUT2D eigenvalue weighted by Crippen LogP contribution is -2.18. The Morgan fingerprint density at radius 3 is 2.20 bits per heavy atom. The molecule has 0 radical (unpaired) electrons. The summed E-state index contributed by atoms with van der Waals surface area (Å²) in [6.07, 6.45) is 0.789. The Hall–Kier alpha value is -1.80. The summed E-state index contributed by atoms with van der Waals surface area (Å²) in [6, 6.07) is 0. The zero-order chi connectivity index (χ0) is 15.4. The van der Waals surface area contributed by atoms with Crippen LogP contribution in [-0.4, -0.2) is 49.3 Å². The first-order valence-corrected chi connectivity index (χ1v) is 5.92. The molecule has 0 saturated carbocycles. The lowest BCUT2D eigenvalue weighted by atomic mass is 10.2. The van der Waals surface area contributed by atoms with E-state index in [1.165, 1.54) is 0 Å². The minimum Gasteiger partial charge on any atom is -0.460 e. The molecule has 8 nitrogen and oxygen atoms in total. The van der Waals surface area contributed by atoms with E-state index in [-0.39, 0.29) is 26.4 Å². The number of carbonyl (C=O) groups is 2. The number of carbonyl (C=O) groups excluding carboxylic acids is 1. The molecule has 0 saturated heterocycles. The fourth-order valence-corrected chi connectivity index (χ4v) is 0.795. The van der Waals surface area contributed by atoms with Gasteiger partial charge >= 0.3 is 12.1 Å². The summed E-state index contributed by atoms with van der Waals surface area (Å²) in [7, 11) is 0. The summed E-state index contributed by atoms with van der Waals surface area (Å²) >= 11 is 0. The van der Waals surface area contributed by atoms with Crippen LogP contribution in [0.5, 0.6) is 0 Å². The highest BCUT2D eigenvalue weighted by atomic mass is 17.2. The van der Waals surface area contributed by atoms with Crippen LogP contribution in [0.1, 0.15) is 20.8 Å². The van der Waals surface area contributed by atoms with Crippen LogP contribution in [0.15, 0.2) is 12.3 Å². The van der Waals surface area contributed by atoms with Crippen LogP contribution in [0, 0.1) is 0 Å². The summed E-state index contributed by atoms with van der Waals surface area (Å²) in [6.45, 7) is 5.60. The monoisotopic (exact) mass is 292 g/mol. The Bertz CT molecular complexity index is 318. The molecule has 0 bridgehead atoms. The highest BCUT2D eigenvalue weighted by Gasteiger charge is 2.10. The molecule has 0 aliphatic carbocycles. The normalized spacial score (nSPS) is 11.3. The van der Waals surface area contributed by atoms with Gasteiger partial charge in [0, 0.05) is 0 Å². The van der Waals surface area contributed by atoms with Gasteiger partial charge in [0.1, 0.15) is 25.1 Å². The summed E-state index contributed by atoms with van der Waals surface area (Å²) in [5.74, 6) is -0.604. The van der Waals surface area contributed by atoms with E-state index in [0.29, 0.717) is 0 Å². The first-order valence-electron chi connectivity index (χ1n) is 5.92. The van der Waals surface area contributed by atoms with Crippen molar-refractivity contribution in [3.8, 4) is 0 Å². The number of ether oxygens (including phenoxy) is 3. The van der Waals surface area contributed by atoms with Crippen LogP contribution < -0.4 is 0 Å². The van der Waals surface area contributed by atoms with Gasteiger partial charge in [0.15, 0.2) is 0 Å². The van der Waals surface area contributed by atoms with Crippen molar-refractivity contribution in [3.63, 3.8) is 0 Å². The van der Waals surface area contributed by atoms with Crippen LogP contribution in [0.25, 0.3) is 0 Å². The van der Waals surface area contributed by atoms with Gasteiger partial charge in [0.25, 0.3) is 0 Å². The average Bonchev–Trinajstić information content (AvgIpc) is 2.32. The summed E-state index contributed by atoms with van der Waals surface area (Å²) in [4.78, 5) is 30.7. The first kappa shape index (κ1) is 18.2. The van der Waals surface area contributed by atoms with Crippen LogP contribution >= 0.6 is 0 Å². The molecular formula is C12H20O8. The highest BCUT2D eigenvalue weighted by molar-refractivity contribution is 5.81. The van der Waals surface area contributed by atoms with Gasteiger partial charge in [0.05, 0.1) is 19.3 Å².